The summed E-state index contributed by atoms with van der Waals surface area (Å²) in [5, 5.41) is 16.7. The van der Waals surface area contributed by atoms with Crippen molar-refractivity contribution in [1.82, 2.24) is 14.7 Å². The van der Waals surface area contributed by atoms with Gasteiger partial charge in [0.1, 0.15) is 5.82 Å². The SMILES string of the molecule is C=CC(=O)N1CCn2nc(NC)cc2C1CO. The van der Waals surface area contributed by atoms with Crippen molar-refractivity contribution < 1.29 is 9.90 Å². The maximum absolute atomic E-state index is 11.7. The van der Waals surface area contributed by atoms with E-state index in [1.54, 1.807) is 11.9 Å². The summed E-state index contributed by atoms with van der Waals surface area (Å²) in [7, 11) is 1.79. The standard InChI is InChI=1S/C11H16N4O2/c1-3-11(17)14-4-5-15-8(9(14)7-16)6-10(12-2)13-15/h3,6,9,16H,1,4-5,7H2,2H3,(H,12,13). The van der Waals surface area contributed by atoms with E-state index in [9.17, 15) is 9.90 Å². The molecule has 2 rings (SSSR count). The molecule has 2 heterocycles. The van der Waals surface area contributed by atoms with E-state index < -0.39 is 0 Å². The van der Waals surface area contributed by atoms with E-state index in [4.69, 9.17) is 0 Å². The van der Waals surface area contributed by atoms with Gasteiger partial charge in [-0.15, -0.1) is 0 Å². The second-order valence-electron chi connectivity index (χ2n) is 3.86. The molecule has 6 heteroatoms. The zero-order chi connectivity index (χ0) is 12.4. The predicted molar refractivity (Wildman–Crippen MR) is 63.5 cm³/mol. The van der Waals surface area contributed by atoms with Crippen LogP contribution in [0, 0.1) is 0 Å². The van der Waals surface area contributed by atoms with E-state index in [1.807, 2.05) is 10.7 Å². The third-order valence-corrected chi connectivity index (χ3v) is 2.97. The molecule has 1 atom stereocenters. The molecule has 0 fully saturated rings. The Morgan fingerprint density at radius 2 is 2.53 bits per heavy atom. The first kappa shape index (κ1) is 11.7. The highest BCUT2D eigenvalue weighted by Crippen LogP contribution is 2.27. The minimum Gasteiger partial charge on any atom is -0.394 e. The lowest BCUT2D eigenvalue weighted by Gasteiger charge is -2.34. The number of carbonyl (C=O) groups is 1. The van der Waals surface area contributed by atoms with Crippen LogP contribution in [0.25, 0.3) is 0 Å². The molecule has 0 saturated heterocycles. The summed E-state index contributed by atoms with van der Waals surface area (Å²) in [6.07, 6.45) is 1.27. The van der Waals surface area contributed by atoms with Crippen LogP contribution in [0.4, 0.5) is 5.82 Å². The van der Waals surface area contributed by atoms with Gasteiger partial charge in [0.05, 0.1) is 24.9 Å². The number of aliphatic hydroxyl groups is 1. The fourth-order valence-electron chi connectivity index (χ4n) is 2.09. The van der Waals surface area contributed by atoms with Gasteiger partial charge in [0.25, 0.3) is 0 Å². The first-order chi connectivity index (χ1) is 8.21. The molecule has 1 unspecified atom stereocenters. The van der Waals surface area contributed by atoms with E-state index in [0.29, 0.717) is 13.1 Å². The quantitative estimate of drug-likeness (QED) is 0.724. The monoisotopic (exact) mass is 236 g/mol. The van der Waals surface area contributed by atoms with E-state index in [-0.39, 0.29) is 18.6 Å². The average molecular weight is 236 g/mol. The molecule has 1 amide bonds. The molecule has 0 bridgehead atoms. The van der Waals surface area contributed by atoms with E-state index in [2.05, 4.69) is 17.0 Å². The van der Waals surface area contributed by atoms with Crippen LogP contribution < -0.4 is 5.32 Å². The van der Waals surface area contributed by atoms with Crippen LogP contribution in [-0.2, 0) is 11.3 Å². The van der Waals surface area contributed by atoms with E-state index >= 15 is 0 Å². The van der Waals surface area contributed by atoms with Crippen molar-refractivity contribution in [1.29, 1.82) is 0 Å². The van der Waals surface area contributed by atoms with Gasteiger partial charge >= 0.3 is 0 Å². The third kappa shape index (κ3) is 1.91. The Kier molecular flexibility index (Phi) is 3.14. The first-order valence-electron chi connectivity index (χ1n) is 5.50. The molecule has 0 aliphatic carbocycles. The van der Waals surface area contributed by atoms with Crippen molar-refractivity contribution in [3.63, 3.8) is 0 Å². The number of hydrogen-bond donors (Lipinski definition) is 2. The number of carbonyl (C=O) groups excluding carboxylic acids is 1. The van der Waals surface area contributed by atoms with Gasteiger partial charge in [0, 0.05) is 19.7 Å². The average Bonchev–Trinajstić information content (AvgIpc) is 2.79. The molecule has 1 aromatic rings. The van der Waals surface area contributed by atoms with Crippen molar-refractivity contribution in [3.05, 3.63) is 24.4 Å². The number of anilines is 1. The first-order valence-corrected chi connectivity index (χ1v) is 5.50. The van der Waals surface area contributed by atoms with Crippen molar-refractivity contribution in [2.75, 3.05) is 25.5 Å². The zero-order valence-corrected chi connectivity index (χ0v) is 9.76. The van der Waals surface area contributed by atoms with Crippen LogP contribution in [0.2, 0.25) is 0 Å². The van der Waals surface area contributed by atoms with Crippen LogP contribution in [-0.4, -0.2) is 45.9 Å². The fourth-order valence-corrected chi connectivity index (χ4v) is 2.09. The van der Waals surface area contributed by atoms with Crippen molar-refractivity contribution in [2.45, 2.75) is 12.6 Å². The summed E-state index contributed by atoms with van der Waals surface area (Å²) >= 11 is 0. The van der Waals surface area contributed by atoms with Crippen LogP contribution in [0.5, 0.6) is 0 Å². The van der Waals surface area contributed by atoms with Crippen LogP contribution in [0.15, 0.2) is 18.7 Å². The number of nitrogens with one attached hydrogen (secondary N) is 1. The maximum atomic E-state index is 11.7. The van der Waals surface area contributed by atoms with E-state index in [0.717, 1.165) is 11.5 Å². The van der Waals surface area contributed by atoms with Gasteiger partial charge < -0.3 is 15.3 Å². The van der Waals surface area contributed by atoms with Gasteiger partial charge in [-0.05, 0) is 6.08 Å². The number of amides is 1. The molecular formula is C11H16N4O2. The maximum Gasteiger partial charge on any atom is 0.246 e. The van der Waals surface area contributed by atoms with Gasteiger partial charge in [-0.1, -0.05) is 6.58 Å². The Morgan fingerprint density at radius 3 is 3.12 bits per heavy atom. The number of fused-ring (bicyclic) bond motifs is 1. The molecule has 0 saturated carbocycles. The van der Waals surface area contributed by atoms with E-state index in [1.165, 1.54) is 6.08 Å². The second kappa shape index (κ2) is 4.58. The van der Waals surface area contributed by atoms with Gasteiger partial charge in [-0.2, -0.15) is 5.10 Å². The molecule has 1 aliphatic rings. The lowest BCUT2D eigenvalue weighted by Crippen LogP contribution is -2.42. The number of nitrogens with zero attached hydrogens (tertiary/aromatic N) is 3. The molecular weight excluding hydrogens is 220 g/mol. The number of hydrogen-bond acceptors (Lipinski definition) is 4. The van der Waals surface area contributed by atoms with Gasteiger partial charge in [0.15, 0.2) is 0 Å². The van der Waals surface area contributed by atoms with Crippen LogP contribution in [0.1, 0.15) is 11.7 Å². The lowest BCUT2D eigenvalue weighted by molar-refractivity contribution is -0.130. The van der Waals surface area contributed by atoms with Crippen molar-refractivity contribution in [3.8, 4) is 0 Å². The van der Waals surface area contributed by atoms with Gasteiger partial charge in [-0.25, -0.2) is 0 Å². The Labute approximate surface area is 99.5 Å². The van der Waals surface area contributed by atoms with Crippen LogP contribution >= 0.6 is 0 Å². The van der Waals surface area contributed by atoms with Crippen molar-refractivity contribution in [2.24, 2.45) is 0 Å². The summed E-state index contributed by atoms with van der Waals surface area (Å²) in [6.45, 7) is 4.53. The van der Waals surface area contributed by atoms with Gasteiger partial charge in [-0.3, -0.25) is 9.48 Å². The summed E-state index contributed by atoms with van der Waals surface area (Å²) in [6, 6.07) is 1.51. The zero-order valence-electron chi connectivity index (χ0n) is 9.76. The fraction of sp³-hybridized carbons (Fsp3) is 0.455. The minimum atomic E-state index is -0.344. The summed E-state index contributed by atoms with van der Waals surface area (Å²) in [5.41, 5.74) is 0.846. The number of aromatic nitrogens is 2. The molecule has 1 aromatic heterocycles. The number of aliphatic hydroxyl groups excluding tert-OH is 1. The lowest BCUT2D eigenvalue weighted by atomic mass is 10.1. The molecule has 0 radical (unpaired) electrons. The third-order valence-electron chi connectivity index (χ3n) is 2.97. The molecule has 0 aromatic carbocycles. The molecule has 0 spiro atoms. The normalized spacial score (nSPS) is 18.7. The summed E-state index contributed by atoms with van der Waals surface area (Å²) < 4.78 is 1.82. The Hall–Kier alpha value is -1.82. The van der Waals surface area contributed by atoms with Crippen LogP contribution in [0.3, 0.4) is 0 Å². The predicted octanol–water partition coefficient (Wildman–Crippen LogP) is -0.0136. The summed E-state index contributed by atoms with van der Waals surface area (Å²) in [5.74, 6) is 0.578. The molecule has 2 N–H and O–H groups in total. The smallest absolute Gasteiger partial charge is 0.246 e. The van der Waals surface area contributed by atoms with Crippen molar-refractivity contribution >= 4 is 11.7 Å². The molecule has 6 nitrogen and oxygen atoms in total. The molecule has 1 aliphatic heterocycles. The Bertz CT molecular complexity index is 441. The minimum absolute atomic E-state index is 0.117. The van der Waals surface area contributed by atoms with Gasteiger partial charge in [0.2, 0.25) is 5.91 Å². The molecule has 17 heavy (non-hydrogen) atoms. The Morgan fingerprint density at radius 1 is 1.76 bits per heavy atom. The topological polar surface area (TPSA) is 70.4 Å². The second-order valence-corrected chi connectivity index (χ2v) is 3.86. The highest BCUT2D eigenvalue weighted by atomic mass is 16.3. The largest absolute Gasteiger partial charge is 0.394 e. The Balaban J connectivity index is 2.35. The molecule has 92 valence electrons. The summed E-state index contributed by atoms with van der Waals surface area (Å²) in [4.78, 5) is 13.3. The number of rotatable bonds is 3. The highest BCUT2D eigenvalue weighted by Gasteiger charge is 2.30. The highest BCUT2D eigenvalue weighted by molar-refractivity contribution is 5.87.